The Balaban J connectivity index is 1.65. The predicted molar refractivity (Wildman–Crippen MR) is 101 cm³/mol. The molecule has 1 aromatic heterocycles. The summed E-state index contributed by atoms with van der Waals surface area (Å²) in [6.45, 7) is 6.13. The summed E-state index contributed by atoms with van der Waals surface area (Å²) in [5, 5.41) is 6.05. The number of amides is 1. The van der Waals surface area contributed by atoms with Crippen LogP contribution in [0.1, 0.15) is 21.7 Å². The molecule has 4 heteroatoms. The highest BCUT2D eigenvalue weighted by Crippen LogP contribution is 2.23. The lowest BCUT2D eigenvalue weighted by Gasteiger charge is -2.08. The van der Waals surface area contributed by atoms with Crippen molar-refractivity contribution < 1.29 is 4.79 Å². The minimum atomic E-state index is -0.00416. The zero-order valence-electron chi connectivity index (χ0n) is 14.1. The fourth-order valence-corrected chi connectivity index (χ4v) is 3.15. The van der Waals surface area contributed by atoms with Crippen molar-refractivity contribution >= 4 is 22.9 Å². The van der Waals surface area contributed by atoms with Crippen LogP contribution in [0, 0.1) is 20.8 Å². The molecule has 3 aromatic rings. The number of carbonyl (C=O) groups excluding carboxylic acids is 1. The van der Waals surface area contributed by atoms with Crippen LogP contribution >= 0.6 is 11.3 Å². The molecule has 0 spiro atoms. The molecule has 3 rings (SSSR count). The van der Waals surface area contributed by atoms with E-state index in [1.807, 2.05) is 42.6 Å². The number of nitrogens with one attached hydrogen (secondary N) is 1. The van der Waals surface area contributed by atoms with Gasteiger partial charge in [0.15, 0.2) is 0 Å². The first-order chi connectivity index (χ1) is 11.5. The molecule has 0 aliphatic carbocycles. The van der Waals surface area contributed by atoms with E-state index in [0.717, 1.165) is 27.5 Å². The summed E-state index contributed by atoms with van der Waals surface area (Å²) < 4.78 is 0. The fraction of sp³-hybridized carbons (Fsp3) is 0.200. The molecule has 0 saturated carbocycles. The van der Waals surface area contributed by atoms with Gasteiger partial charge in [-0.15, -0.1) is 11.3 Å². The quantitative estimate of drug-likeness (QED) is 0.735. The highest BCUT2D eigenvalue weighted by Gasteiger charge is 2.06. The SMILES string of the molecule is Cc1nc(-c2ccc(NC(=O)Cc3ccc(C)c(C)c3)cc2)cs1. The van der Waals surface area contributed by atoms with Gasteiger partial charge in [0.1, 0.15) is 0 Å². The van der Waals surface area contributed by atoms with E-state index < -0.39 is 0 Å². The number of aryl methyl sites for hydroxylation is 3. The fourth-order valence-electron chi connectivity index (χ4n) is 2.52. The third-order valence-electron chi connectivity index (χ3n) is 4.02. The van der Waals surface area contributed by atoms with E-state index >= 15 is 0 Å². The topological polar surface area (TPSA) is 42.0 Å². The van der Waals surface area contributed by atoms with Gasteiger partial charge in [0.25, 0.3) is 0 Å². The molecule has 2 aromatic carbocycles. The first kappa shape index (κ1) is 16.4. The summed E-state index contributed by atoms with van der Waals surface area (Å²) in [7, 11) is 0. The Morgan fingerprint density at radius 2 is 1.79 bits per heavy atom. The lowest BCUT2D eigenvalue weighted by molar-refractivity contribution is -0.115. The maximum Gasteiger partial charge on any atom is 0.228 e. The maximum absolute atomic E-state index is 12.2. The van der Waals surface area contributed by atoms with Gasteiger partial charge >= 0.3 is 0 Å². The molecule has 0 saturated heterocycles. The average Bonchev–Trinajstić information content (AvgIpc) is 2.98. The number of nitrogens with zero attached hydrogens (tertiary/aromatic N) is 1. The third kappa shape index (κ3) is 3.89. The van der Waals surface area contributed by atoms with E-state index in [1.165, 1.54) is 11.1 Å². The minimum Gasteiger partial charge on any atom is -0.326 e. The Bertz CT molecular complexity index is 866. The summed E-state index contributed by atoms with van der Waals surface area (Å²) in [4.78, 5) is 16.7. The second-order valence-electron chi connectivity index (χ2n) is 5.97. The van der Waals surface area contributed by atoms with Crippen molar-refractivity contribution in [1.82, 2.24) is 4.98 Å². The Hall–Kier alpha value is -2.46. The molecule has 0 aliphatic heterocycles. The molecule has 3 nitrogen and oxygen atoms in total. The lowest BCUT2D eigenvalue weighted by atomic mass is 10.0. The van der Waals surface area contributed by atoms with E-state index in [9.17, 15) is 4.79 Å². The predicted octanol–water partition coefficient (Wildman–Crippen LogP) is 4.92. The molecule has 0 unspecified atom stereocenters. The van der Waals surface area contributed by atoms with Crippen LogP contribution in [0.5, 0.6) is 0 Å². The number of carbonyl (C=O) groups is 1. The number of benzene rings is 2. The van der Waals surface area contributed by atoms with Gasteiger partial charge in [-0.1, -0.05) is 30.3 Å². The third-order valence-corrected chi connectivity index (χ3v) is 4.79. The normalized spacial score (nSPS) is 10.6. The summed E-state index contributed by atoms with van der Waals surface area (Å²) in [6.07, 6.45) is 0.383. The van der Waals surface area contributed by atoms with Crippen molar-refractivity contribution in [2.75, 3.05) is 5.32 Å². The average molecular weight is 336 g/mol. The van der Waals surface area contributed by atoms with Gasteiger partial charge in [0.2, 0.25) is 5.91 Å². The van der Waals surface area contributed by atoms with Crippen molar-refractivity contribution in [2.24, 2.45) is 0 Å². The van der Waals surface area contributed by atoms with Gasteiger partial charge in [-0.05, 0) is 49.6 Å². The molecule has 0 bridgehead atoms. The first-order valence-electron chi connectivity index (χ1n) is 7.90. The molecule has 1 heterocycles. The lowest BCUT2D eigenvalue weighted by Crippen LogP contribution is -2.14. The highest BCUT2D eigenvalue weighted by atomic mass is 32.1. The van der Waals surface area contributed by atoms with Crippen LogP contribution < -0.4 is 5.32 Å². The number of rotatable bonds is 4. The van der Waals surface area contributed by atoms with E-state index in [2.05, 4.69) is 36.3 Å². The molecule has 0 radical (unpaired) electrons. The number of aromatic nitrogens is 1. The van der Waals surface area contributed by atoms with E-state index in [1.54, 1.807) is 11.3 Å². The van der Waals surface area contributed by atoms with E-state index in [0.29, 0.717) is 6.42 Å². The van der Waals surface area contributed by atoms with Crippen LogP contribution in [-0.2, 0) is 11.2 Å². The number of thiazole rings is 1. The Labute approximate surface area is 146 Å². The monoisotopic (exact) mass is 336 g/mol. The van der Waals surface area contributed by atoms with Crippen molar-refractivity contribution in [3.05, 3.63) is 69.5 Å². The van der Waals surface area contributed by atoms with Crippen LogP contribution in [0.15, 0.2) is 47.8 Å². The van der Waals surface area contributed by atoms with Gasteiger partial charge in [-0.2, -0.15) is 0 Å². The molecule has 24 heavy (non-hydrogen) atoms. The smallest absolute Gasteiger partial charge is 0.228 e. The van der Waals surface area contributed by atoms with E-state index in [-0.39, 0.29) is 5.91 Å². The Kier molecular flexibility index (Phi) is 4.76. The van der Waals surface area contributed by atoms with Crippen LogP contribution in [0.3, 0.4) is 0 Å². The molecule has 122 valence electrons. The van der Waals surface area contributed by atoms with Crippen LogP contribution in [0.4, 0.5) is 5.69 Å². The van der Waals surface area contributed by atoms with Crippen molar-refractivity contribution in [2.45, 2.75) is 27.2 Å². The maximum atomic E-state index is 12.2. The molecule has 1 N–H and O–H groups in total. The van der Waals surface area contributed by atoms with Crippen LogP contribution in [-0.4, -0.2) is 10.9 Å². The summed E-state index contributed by atoms with van der Waals surface area (Å²) in [5.41, 5.74) is 6.33. The second kappa shape index (κ2) is 6.97. The van der Waals surface area contributed by atoms with Gasteiger partial charge < -0.3 is 5.32 Å². The molecule has 0 aliphatic rings. The van der Waals surface area contributed by atoms with E-state index in [4.69, 9.17) is 0 Å². The summed E-state index contributed by atoms with van der Waals surface area (Å²) in [6, 6.07) is 14.0. The van der Waals surface area contributed by atoms with Crippen LogP contribution in [0.25, 0.3) is 11.3 Å². The van der Waals surface area contributed by atoms with Crippen LogP contribution in [0.2, 0.25) is 0 Å². The number of hydrogen-bond donors (Lipinski definition) is 1. The zero-order valence-corrected chi connectivity index (χ0v) is 14.9. The Morgan fingerprint density at radius 1 is 1.04 bits per heavy atom. The molecular weight excluding hydrogens is 316 g/mol. The number of hydrogen-bond acceptors (Lipinski definition) is 3. The molecule has 1 amide bonds. The minimum absolute atomic E-state index is 0.00416. The Morgan fingerprint density at radius 3 is 2.42 bits per heavy atom. The zero-order chi connectivity index (χ0) is 17.1. The second-order valence-corrected chi connectivity index (χ2v) is 7.03. The van der Waals surface area contributed by atoms with Gasteiger partial charge in [-0.3, -0.25) is 4.79 Å². The summed E-state index contributed by atoms with van der Waals surface area (Å²) >= 11 is 1.64. The van der Waals surface area contributed by atoms with Crippen molar-refractivity contribution in [3.63, 3.8) is 0 Å². The number of anilines is 1. The van der Waals surface area contributed by atoms with Gasteiger partial charge in [-0.25, -0.2) is 4.98 Å². The van der Waals surface area contributed by atoms with Crippen molar-refractivity contribution in [1.29, 1.82) is 0 Å². The first-order valence-corrected chi connectivity index (χ1v) is 8.78. The molecule has 0 fully saturated rings. The molecule has 0 atom stereocenters. The van der Waals surface area contributed by atoms with Crippen molar-refractivity contribution in [3.8, 4) is 11.3 Å². The summed E-state index contributed by atoms with van der Waals surface area (Å²) in [5.74, 6) is -0.00416. The largest absolute Gasteiger partial charge is 0.326 e. The van der Waals surface area contributed by atoms with Gasteiger partial charge in [0.05, 0.1) is 17.1 Å². The molecular formula is C20H20N2OS. The van der Waals surface area contributed by atoms with Gasteiger partial charge in [0, 0.05) is 16.6 Å². The standard InChI is InChI=1S/C20H20N2OS/c1-13-4-5-16(10-14(13)2)11-20(23)22-18-8-6-17(7-9-18)19-12-24-15(3)21-19/h4-10,12H,11H2,1-3H3,(H,22,23). The highest BCUT2D eigenvalue weighted by molar-refractivity contribution is 7.09.